The maximum atomic E-state index is 13.1. The number of Topliss-reactive ketones (excluding diaryl/α,β-unsaturated/α-hetero) is 1. The first-order valence-electron chi connectivity index (χ1n) is 8.42. The molecule has 132 valence electrons. The van der Waals surface area contributed by atoms with Crippen LogP contribution in [0.15, 0.2) is 23.3 Å². The predicted octanol–water partition coefficient (Wildman–Crippen LogP) is 4.31. The monoisotopic (exact) mass is 322 g/mol. The van der Waals surface area contributed by atoms with Crippen LogP contribution in [0.4, 0.5) is 0 Å². The largest absolute Gasteiger partial charge is 0.394 e. The molecule has 3 heteroatoms. The molecule has 0 aromatic rings. The van der Waals surface area contributed by atoms with E-state index >= 15 is 0 Å². The molecular weight excluding hydrogens is 288 g/mol. The van der Waals surface area contributed by atoms with Gasteiger partial charge in [-0.05, 0) is 28.4 Å². The summed E-state index contributed by atoms with van der Waals surface area (Å²) < 4.78 is 6.13. The standard InChI is InChI=1S/C20H34O3/c1-17(2,3)14-12-20(19(7,8)9,23-11-10-21)13-15(16(14)22)18(4,5)6/h12-13,21H,10-11H2,1-9H3. The minimum Gasteiger partial charge on any atom is -0.394 e. The number of aliphatic hydroxyl groups is 1. The van der Waals surface area contributed by atoms with E-state index < -0.39 is 5.60 Å². The van der Waals surface area contributed by atoms with Gasteiger partial charge in [0, 0.05) is 11.1 Å². The molecule has 0 bridgehead atoms. The Balaban J connectivity index is 3.66. The molecule has 3 nitrogen and oxygen atoms in total. The Morgan fingerprint density at radius 2 is 1.30 bits per heavy atom. The average molecular weight is 322 g/mol. The van der Waals surface area contributed by atoms with Crippen molar-refractivity contribution in [1.29, 1.82) is 0 Å². The molecule has 1 N–H and O–H groups in total. The Kier molecular flexibility index (Phi) is 5.40. The van der Waals surface area contributed by atoms with Crippen molar-refractivity contribution < 1.29 is 14.6 Å². The lowest BCUT2D eigenvalue weighted by Crippen LogP contribution is -2.47. The fraction of sp³-hybridized carbons (Fsp3) is 0.750. The molecule has 0 fully saturated rings. The lowest BCUT2D eigenvalue weighted by Gasteiger charge is -2.46. The number of carbonyl (C=O) groups excluding carboxylic acids is 1. The van der Waals surface area contributed by atoms with Crippen LogP contribution in [0.2, 0.25) is 0 Å². The second-order valence-corrected chi connectivity index (χ2v) is 9.56. The number of rotatable bonds is 3. The Hall–Kier alpha value is -0.930. The number of ketones is 1. The Bertz CT molecular complexity index is 483. The van der Waals surface area contributed by atoms with E-state index in [0.29, 0.717) is 0 Å². The highest BCUT2D eigenvalue weighted by atomic mass is 16.5. The van der Waals surface area contributed by atoms with Crippen LogP contribution in [0.1, 0.15) is 62.3 Å². The first kappa shape index (κ1) is 20.1. The van der Waals surface area contributed by atoms with Crippen molar-refractivity contribution in [2.45, 2.75) is 67.9 Å². The molecule has 0 spiro atoms. The van der Waals surface area contributed by atoms with Crippen molar-refractivity contribution in [2.24, 2.45) is 16.2 Å². The highest BCUT2D eigenvalue weighted by molar-refractivity contribution is 6.11. The Morgan fingerprint density at radius 3 is 1.57 bits per heavy atom. The normalized spacial score (nSPS) is 19.5. The SMILES string of the molecule is CC(C)(C)C1=CC(OCCO)(C(C)(C)C)C=C(C(C)(C)C)C1=O. The molecule has 0 aliphatic heterocycles. The summed E-state index contributed by atoms with van der Waals surface area (Å²) in [5.41, 5.74) is 0.114. The fourth-order valence-corrected chi connectivity index (χ4v) is 2.81. The summed E-state index contributed by atoms with van der Waals surface area (Å²) in [5.74, 6) is 0.109. The van der Waals surface area contributed by atoms with E-state index in [0.717, 1.165) is 11.1 Å². The molecule has 0 amide bonds. The summed E-state index contributed by atoms with van der Waals surface area (Å²) in [7, 11) is 0. The van der Waals surface area contributed by atoms with Gasteiger partial charge in [-0.2, -0.15) is 0 Å². The molecule has 0 saturated carbocycles. The third-order valence-corrected chi connectivity index (χ3v) is 4.43. The molecule has 0 radical (unpaired) electrons. The van der Waals surface area contributed by atoms with Gasteiger partial charge < -0.3 is 9.84 Å². The van der Waals surface area contributed by atoms with E-state index in [1.54, 1.807) is 0 Å². The van der Waals surface area contributed by atoms with Gasteiger partial charge in [-0.1, -0.05) is 62.3 Å². The van der Waals surface area contributed by atoms with Crippen LogP contribution in [0.3, 0.4) is 0 Å². The van der Waals surface area contributed by atoms with Gasteiger partial charge in [-0.25, -0.2) is 0 Å². The van der Waals surface area contributed by atoms with Crippen LogP contribution >= 0.6 is 0 Å². The summed E-state index contributed by atoms with van der Waals surface area (Å²) >= 11 is 0. The zero-order valence-corrected chi connectivity index (χ0v) is 16.3. The number of aliphatic hydroxyl groups excluding tert-OH is 1. The molecule has 1 aliphatic carbocycles. The van der Waals surface area contributed by atoms with Gasteiger partial charge in [0.2, 0.25) is 0 Å². The zero-order valence-electron chi connectivity index (χ0n) is 16.3. The summed E-state index contributed by atoms with van der Waals surface area (Å²) in [6.45, 7) is 18.9. The van der Waals surface area contributed by atoms with Crippen molar-refractivity contribution in [2.75, 3.05) is 13.2 Å². The first-order valence-corrected chi connectivity index (χ1v) is 8.42. The zero-order chi connectivity index (χ0) is 18.3. The van der Waals surface area contributed by atoms with E-state index in [1.165, 1.54) is 0 Å². The van der Waals surface area contributed by atoms with Crippen LogP contribution in [0, 0.1) is 16.2 Å². The van der Waals surface area contributed by atoms with Gasteiger partial charge in [0.1, 0.15) is 5.60 Å². The highest BCUT2D eigenvalue weighted by Crippen LogP contribution is 2.47. The predicted molar refractivity (Wildman–Crippen MR) is 95.3 cm³/mol. The number of ether oxygens (including phenoxy) is 1. The number of hydrogen-bond acceptors (Lipinski definition) is 3. The third-order valence-electron chi connectivity index (χ3n) is 4.43. The third kappa shape index (κ3) is 4.13. The minimum atomic E-state index is -0.700. The van der Waals surface area contributed by atoms with Crippen molar-refractivity contribution in [3.63, 3.8) is 0 Å². The van der Waals surface area contributed by atoms with Gasteiger partial charge in [-0.15, -0.1) is 0 Å². The molecule has 0 saturated heterocycles. The fourth-order valence-electron chi connectivity index (χ4n) is 2.81. The number of hydrogen-bond donors (Lipinski definition) is 1. The van der Waals surface area contributed by atoms with Crippen molar-refractivity contribution in [1.82, 2.24) is 0 Å². The molecule has 1 rings (SSSR count). The summed E-state index contributed by atoms with van der Waals surface area (Å²) in [6, 6.07) is 0. The molecule has 0 atom stereocenters. The van der Waals surface area contributed by atoms with E-state index in [-0.39, 0.29) is 35.2 Å². The van der Waals surface area contributed by atoms with Gasteiger partial charge in [-0.3, -0.25) is 4.79 Å². The van der Waals surface area contributed by atoms with Crippen molar-refractivity contribution >= 4 is 5.78 Å². The Labute approximate surface area is 141 Å². The number of allylic oxidation sites excluding steroid dienone is 2. The van der Waals surface area contributed by atoms with E-state index in [4.69, 9.17) is 4.74 Å². The van der Waals surface area contributed by atoms with Gasteiger partial charge in [0.05, 0.1) is 13.2 Å². The van der Waals surface area contributed by atoms with Gasteiger partial charge in [0.15, 0.2) is 5.78 Å². The highest BCUT2D eigenvalue weighted by Gasteiger charge is 2.47. The van der Waals surface area contributed by atoms with E-state index in [9.17, 15) is 9.90 Å². The van der Waals surface area contributed by atoms with Crippen LogP contribution < -0.4 is 0 Å². The van der Waals surface area contributed by atoms with Crippen molar-refractivity contribution in [3.8, 4) is 0 Å². The lowest BCUT2D eigenvalue weighted by atomic mass is 9.64. The van der Waals surface area contributed by atoms with Gasteiger partial charge >= 0.3 is 0 Å². The number of carbonyl (C=O) groups is 1. The maximum absolute atomic E-state index is 13.1. The second kappa shape index (κ2) is 6.18. The maximum Gasteiger partial charge on any atom is 0.185 e. The molecule has 0 heterocycles. The molecule has 23 heavy (non-hydrogen) atoms. The molecule has 1 aliphatic rings. The summed E-state index contributed by atoms with van der Waals surface area (Å²) in [5, 5.41) is 9.25. The second-order valence-electron chi connectivity index (χ2n) is 9.56. The minimum absolute atomic E-state index is 0.0385. The van der Waals surface area contributed by atoms with Gasteiger partial charge in [0.25, 0.3) is 0 Å². The van der Waals surface area contributed by atoms with Crippen LogP contribution in [-0.2, 0) is 9.53 Å². The summed E-state index contributed by atoms with van der Waals surface area (Å²) in [4.78, 5) is 13.1. The molecular formula is C20H34O3. The van der Waals surface area contributed by atoms with Crippen LogP contribution in [0.25, 0.3) is 0 Å². The van der Waals surface area contributed by atoms with Crippen molar-refractivity contribution in [3.05, 3.63) is 23.3 Å². The van der Waals surface area contributed by atoms with E-state index in [2.05, 4.69) is 62.3 Å². The smallest absolute Gasteiger partial charge is 0.185 e. The average Bonchev–Trinajstić information content (AvgIpc) is 2.33. The Morgan fingerprint density at radius 1 is 0.913 bits per heavy atom. The molecule has 0 aromatic heterocycles. The topological polar surface area (TPSA) is 46.5 Å². The van der Waals surface area contributed by atoms with Crippen LogP contribution in [0.5, 0.6) is 0 Å². The van der Waals surface area contributed by atoms with E-state index in [1.807, 2.05) is 12.2 Å². The summed E-state index contributed by atoms with van der Waals surface area (Å²) in [6.07, 6.45) is 3.97. The first-order chi connectivity index (χ1) is 10.2. The molecule has 0 unspecified atom stereocenters. The lowest BCUT2D eigenvalue weighted by molar-refractivity contribution is -0.115. The quantitative estimate of drug-likeness (QED) is 0.842. The molecule has 0 aromatic carbocycles. The van der Waals surface area contributed by atoms with Crippen LogP contribution in [-0.4, -0.2) is 29.7 Å².